The lowest BCUT2D eigenvalue weighted by Gasteiger charge is -2.14. The molecule has 2 aliphatic carbocycles. The summed E-state index contributed by atoms with van der Waals surface area (Å²) in [5, 5.41) is 6.42. The zero-order valence-electron chi connectivity index (χ0n) is 13.1. The predicted octanol–water partition coefficient (Wildman–Crippen LogP) is 4.32. The lowest BCUT2D eigenvalue weighted by molar-refractivity contribution is -0.149. The molecule has 23 heavy (non-hydrogen) atoms. The number of hydrogen-bond donors (Lipinski definition) is 0. The highest BCUT2D eigenvalue weighted by molar-refractivity contribution is 6.01. The Balaban J connectivity index is 1.49. The first kappa shape index (κ1) is 14.2. The van der Waals surface area contributed by atoms with Crippen LogP contribution in [0, 0.1) is 17.8 Å². The van der Waals surface area contributed by atoms with Crippen LogP contribution in [0.3, 0.4) is 0 Å². The Hall–Kier alpha value is -2.42. The number of benzene rings is 2. The summed E-state index contributed by atoms with van der Waals surface area (Å²) in [5.74, 6) is 0.701. The van der Waals surface area contributed by atoms with Crippen molar-refractivity contribution in [1.82, 2.24) is 0 Å². The van der Waals surface area contributed by atoms with Gasteiger partial charge in [0.15, 0.2) is 0 Å². The van der Waals surface area contributed by atoms with E-state index in [2.05, 4.69) is 41.6 Å². The van der Waals surface area contributed by atoms with Crippen LogP contribution in [0.1, 0.15) is 25.3 Å². The molecule has 2 bridgehead atoms. The fourth-order valence-electron chi connectivity index (χ4n) is 3.70. The first-order valence-corrected chi connectivity index (χ1v) is 8.13. The molecule has 0 aliphatic heterocycles. The Morgan fingerprint density at radius 1 is 1.09 bits per heavy atom. The van der Waals surface area contributed by atoms with Crippen molar-refractivity contribution in [3.63, 3.8) is 0 Å². The Morgan fingerprint density at radius 2 is 1.91 bits per heavy atom. The average Bonchev–Trinajstić information content (AvgIpc) is 3.22. The predicted molar refractivity (Wildman–Crippen MR) is 91.1 cm³/mol. The fraction of sp³-hybridized carbons (Fsp3) is 0.300. The quantitative estimate of drug-likeness (QED) is 0.366. The summed E-state index contributed by atoms with van der Waals surface area (Å²) >= 11 is 0. The van der Waals surface area contributed by atoms with E-state index in [1.807, 2.05) is 25.1 Å². The van der Waals surface area contributed by atoms with Gasteiger partial charge in [-0.25, -0.2) is 4.79 Å². The third-order valence-electron chi connectivity index (χ3n) is 5.02. The van der Waals surface area contributed by atoms with Crippen LogP contribution >= 0.6 is 0 Å². The van der Waals surface area contributed by atoms with Gasteiger partial charge in [-0.2, -0.15) is 0 Å². The molecule has 3 nitrogen and oxygen atoms in total. The zero-order valence-corrected chi connectivity index (χ0v) is 13.1. The first-order valence-electron chi connectivity index (χ1n) is 8.13. The summed E-state index contributed by atoms with van der Waals surface area (Å²) in [4.78, 5) is 17.4. The van der Waals surface area contributed by atoms with Gasteiger partial charge in [-0.3, -0.25) is 0 Å². The van der Waals surface area contributed by atoms with Gasteiger partial charge in [0.1, 0.15) is 0 Å². The van der Waals surface area contributed by atoms with Crippen molar-refractivity contribution in [2.24, 2.45) is 22.9 Å². The SMILES string of the molecule is CC(=NOC(=O)C1CC2C=CC1C2)c1ccc2ccccc2c1. The minimum absolute atomic E-state index is 0.0156. The first-order chi connectivity index (χ1) is 11.2. The molecule has 1 fully saturated rings. The number of carbonyl (C=O) groups excluding carboxylic acids is 1. The summed E-state index contributed by atoms with van der Waals surface area (Å²) in [6, 6.07) is 14.3. The van der Waals surface area contributed by atoms with Crippen LogP contribution in [0.4, 0.5) is 0 Å². The number of oxime groups is 1. The second-order valence-corrected chi connectivity index (χ2v) is 6.54. The van der Waals surface area contributed by atoms with Gasteiger partial charge < -0.3 is 4.84 Å². The van der Waals surface area contributed by atoms with Gasteiger partial charge in [0.2, 0.25) is 0 Å². The highest BCUT2D eigenvalue weighted by Gasteiger charge is 2.41. The average molecular weight is 305 g/mol. The summed E-state index contributed by atoms with van der Waals surface area (Å²) in [6.45, 7) is 1.87. The molecule has 0 radical (unpaired) electrons. The van der Waals surface area contributed by atoms with Crippen molar-refractivity contribution in [3.8, 4) is 0 Å². The molecule has 2 aliphatic rings. The van der Waals surface area contributed by atoms with Crippen molar-refractivity contribution in [2.45, 2.75) is 19.8 Å². The fourth-order valence-corrected chi connectivity index (χ4v) is 3.70. The van der Waals surface area contributed by atoms with Crippen LogP contribution in [-0.2, 0) is 9.63 Å². The van der Waals surface area contributed by atoms with Crippen molar-refractivity contribution in [1.29, 1.82) is 0 Å². The molecule has 0 amide bonds. The van der Waals surface area contributed by atoms with Crippen LogP contribution < -0.4 is 0 Å². The lowest BCUT2D eigenvalue weighted by Crippen LogP contribution is -2.20. The molecular weight excluding hydrogens is 286 g/mol. The summed E-state index contributed by atoms with van der Waals surface area (Å²) in [7, 11) is 0. The van der Waals surface area contributed by atoms with Gasteiger partial charge in [-0.15, -0.1) is 0 Å². The molecule has 3 atom stereocenters. The number of rotatable bonds is 3. The Bertz CT molecular complexity index is 821. The number of nitrogens with zero attached hydrogens (tertiary/aromatic N) is 1. The second kappa shape index (κ2) is 5.65. The Kier molecular flexibility index (Phi) is 3.49. The van der Waals surface area contributed by atoms with E-state index in [1.165, 1.54) is 5.39 Å². The van der Waals surface area contributed by atoms with Crippen LogP contribution in [-0.4, -0.2) is 11.7 Å². The number of carbonyl (C=O) groups is 1. The third kappa shape index (κ3) is 2.67. The van der Waals surface area contributed by atoms with E-state index in [0.717, 1.165) is 29.5 Å². The normalized spacial score (nSPS) is 26.0. The molecule has 0 N–H and O–H groups in total. The van der Waals surface area contributed by atoms with E-state index in [4.69, 9.17) is 4.84 Å². The monoisotopic (exact) mass is 305 g/mol. The molecule has 0 aromatic heterocycles. The van der Waals surface area contributed by atoms with E-state index in [-0.39, 0.29) is 11.9 Å². The maximum Gasteiger partial charge on any atom is 0.338 e. The minimum Gasteiger partial charge on any atom is -0.318 e. The number of hydrogen-bond acceptors (Lipinski definition) is 3. The standard InChI is InChI=1S/C20H19NO2/c1-13(16-9-8-15-4-2-3-5-17(15)12-16)21-23-20(22)19-11-14-6-7-18(19)10-14/h2-9,12,14,18-19H,10-11H2,1H3. The van der Waals surface area contributed by atoms with Crippen LogP contribution in [0.25, 0.3) is 10.8 Å². The second-order valence-electron chi connectivity index (χ2n) is 6.54. The van der Waals surface area contributed by atoms with Crippen molar-refractivity contribution < 1.29 is 9.63 Å². The van der Waals surface area contributed by atoms with E-state index >= 15 is 0 Å². The number of fused-ring (bicyclic) bond motifs is 3. The molecule has 0 spiro atoms. The molecule has 3 unspecified atom stereocenters. The van der Waals surface area contributed by atoms with E-state index in [0.29, 0.717) is 11.8 Å². The molecule has 116 valence electrons. The largest absolute Gasteiger partial charge is 0.338 e. The summed E-state index contributed by atoms with van der Waals surface area (Å²) in [5.41, 5.74) is 1.70. The highest BCUT2D eigenvalue weighted by Crippen LogP contribution is 2.43. The third-order valence-corrected chi connectivity index (χ3v) is 5.02. The maximum absolute atomic E-state index is 12.2. The van der Waals surface area contributed by atoms with Crippen LogP contribution in [0.15, 0.2) is 59.8 Å². The van der Waals surface area contributed by atoms with E-state index in [9.17, 15) is 4.79 Å². The van der Waals surface area contributed by atoms with Crippen LogP contribution in [0.5, 0.6) is 0 Å². The maximum atomic E-state index is 12.2. The molecule has 2 aromatic carbocycles. The molecule has 0 saturated heterocycles. The minimum atomic E-state index is -0.193. The van der Waals surface area contributed by atoms with Gasteiger partial charge in [0, 0.05) is 0 Å². The number of allylic oxidation sites excluding steroid dienone is 2. The molecule has 4 rings (SSSR count). The molecule has 2 aromatic rings. The van der Waals surface area contributed by atoms with E-state index < -0.39 is 0 Å². The zero-order chi connectivity index (χ0) is 15.8. The van der Waals surface area contributed by atoms with Crippen LogP contribution in [0.2, 0.25) is 0 Å². The van der Waals surface area contributed by atoms with Gasteiger partial charge >= 0.3 is 5.97 Å². The smallest absolute Gasteiger partial charge is 0.318 e. The van der Waals surface area contributed by atoms with E-state index in [1.54, 1.807) is 0 Å². The van der Waals surface area contributed by atoms with Gasteiger partial charge in [-0.05, 0) is 54.0 Å². The lowest BCUT2D eigenvalue weighted by atomic mass is 9.94. The summed E-state index contributed by atoms with van der Waals surface area (Å²) < 4.78 is 0. The topological polar surface area (TPSA) is 38.7 Å². The molecule has 3 heteroatoms. The Labute approximate surface area is 135 Å². The van der Waals surface area contributed by atoms with Crippen molar-refractivity contribution >= 4 is 22.5 Å². The van der Waals surface area contributed by atoms with Gasteiger partial charge in [0.25, 0.3) is 0 Å². The van der Waals surface area contributed by atoms with Gasteiger partial charge in [-0.1, -0.05) is 53.7 Å². The van der Waals surface area contributed by atoms with Gasteiger partial charge in [0.05, 0.1) is 11.6 Å². The molecular formula is C20H19NO2. The van der Waals surface area contributed by atoms with Crippen molar-refractivity contribution in [2.75, 3.05) is 0 Å². The van der Waals surface area contributed by atoms with Crippen molar-refractivity contribution in [3.05, 3.63) is 60.2 Å². The molecule has 0 heterocycles. The summed E-state index contributed by atoms with van der Waals surface area (Å²) in [6.07, 6.45) is 6.37. The highest BCUT2D eigenvalue weighted by atomic mass is 16.7. The Morgan fingerprint density at radius 3 is 2.65 bits per heavy atom. The molecule has 1 saturated carbocycles.